The second kappa shape index (κ2) is 7.52. The SMILES string of the molecule is COC(=O)[C@@H](Cc1ncccc1[N+](=O)[O-])NC(=O)OC(C)(C)C. The zero-order valence-electron chi connectivity index (χ0n) is 13.4. The van der Waals surface area contributed by atoms with Crippen LogP contribution in [0.1, 0.15) is 26.5 Å². The van der Waals surface area contributed by atoms with Gasteiger partial charge in [0.2, 0.25) is 0 Å². The molecule has 0 unspecified atom stereocenters. The average Bonchev–Trinajstić information content (AvgIpc) is 2.44. The molecule has 1 amide bonds. The van der Waals surface area contributed by atoms with Crippen molar-refractivity contribution in [3.8, 4) is 0 Å². The predicted molar refractivity (Wildman–Crippen MR) is 79.8 cm³/mol. The molecule has 1 atom stereocenters. The minimum absolute atomic E-state index is 0.0592. The molecule has 1 N–H and O–H groups in total. The number of nitrogens with one attached hydrogen (secondary N) is 1. The summed E-state index contributed by atoms with van der Waals surface area (Å²) >= 11 is 0. The minimum Gasteiger partial charge on any atom is -0.467 e. The fraction of sp³-hybridized carbons (Fsp3) is 0.500. The summed E-state index contributed by atoms with van der Waals surface area (Å²) in [5, 5.41) is 13.3. The first-order chi connectivity index (χ1) is 10.6. The zero-order valence-corrected chi connectivity index (χ0v) is 13.4. The van der Waals surface area contributed by atoms with Crippen LogP contribution in [0.3, 0.4) is 0 Å². The first-order valence-corrected chi connectivity index (χ1v) is 6.79. The van der Waals surface area contributed by atoms with Crippen LogP contribution >= 0.6 is 0 Å². The zero-order chi connectivity index (χ0) is 17.6. The Bertz CT molecular complexity index is 596. The molecule has 0 saturated carbocycles. The second-order valence-corrected chi connectivity index (χ2v) is 5.65. The molecule has 9 heteroatoms. The number of amides is 1. The van der Waals surface area contributed by atoms with E-state index in [4.69, 9.17) is 4.74 Å². The summed E-state index contributed by atoms with van der Waals surface area (Å²) in [7, 11) is 1.15. The van der Waals surface area contributed by atoms with Crippen molar-refractivity contribution in [2.75, 3.05) is 7.11 Å². The largest absolute Gasteiger partial charge is 0.467 e. The number of hydrogen-bond donors (Lipinski definition) is 1. The first-order valence-electron chi connectivity index (χ1n) is 6.79. The maximum absolute atomic E-state index is 11.8. The van der Waals surface area contributed by atoms with Gasteiger partial charge in [-0.1, -0.05) is 0 Å². The van der Waals surface area contributed by atoms with Gasteiger partial charge in [0.15, 0.2) is 0 Å². The number of pyridine rings is 1. The van der Waals surface area contributed by atoms with Crippen LogP contribution in [-0.4, -0.2) is 40.7 Å². The lowest BCUT2D eigenvalue weighted by Gasteiger charge is -2.22. The molecule has 1 heterocycles. The first kappa shape index (κ1) is 18.3. The Labute approximate surface area is 133 Å². The van der Waals surface area contributed by atoms with Gasteiger partial charge in [-0.2, -0.15) is 0 Å². The Hall–Kier alpha value is -2.71. The van der Waals surface area contributed by atoms with Crippen molar-refractivity contribution in [2.24, 2.45) is 0 Å². The molecule has 0 aliphatic rings. The molecule has 0 radical (unpaired) electrons. The lowest BCUT2D eigenvalue weighted by atomic mass is 10.1. The monoisotopic (exact) mass is 325 g/mol. The molecule has 0 aromatic carbocycles. The average molecular weight is 325 g/mol. The van der Waals surface area contributed by atoms with Crippen LogP contribution in [0.25, 0.3) is 0 Å². The second-order valence-electron chi connectivity index (χ2n) is 5.65. The quantitative estimate of drug-likeness (QED) is 0.496. The number of nitro groups is 1. The van der Waals surface area contributed by atoms with Gasteiger partial charge in [0.25, 0.3) is 5.69 Å². The van der Waals surface area contributed by atoms with Crippen molar-refractivity contribution in [3.05, 3.63) is 34.1 Å². The molecule has 0 saturated heterocycles. The Balaban J connectivity index is 2.94. The van der Waals surface area contributed by atoms with Crippen molar-refractivity contribution < 1.29 is 24.0 Å². The maximum Gasteiger partial charge on any atom is 0.408 e. The van der Waals surface area contributed by atoms with Gasteiger partial charge in [-0.05, 0) is 26.8 Å². The molecular formula is C14H19N3O6. The van der Waals surface area contributed by atoms with Crippen LogP contribution in [0, 0.1) is 10.1 Å². The van der Waals surface area contributed by atoms with E-state index >= 15 is 0 Å². The highest BCUT2D eigenvalue weighted by atomic mass is 16.6. The Morgan fingerprint density at radius 3 is 2.61 bits per heavy atom. The van der Waals surface area contributed by atoms with Crippen LogP contribution in [0.15, 0.2) is 18.3 Å². The van der Waals surface area contributed by atoms with E-state index in [1.807, 2.05) is 0 Å². The fourth-order valence-electron chi connectivity index (χ4n) is 1.73. The number of carbonyl (C=O) groups is 2. The summed E-state index contributed by atoms with van der Waals surface area (Å²) in [5.74, 6) is -0.754. The van der Waals surface area contributed by atoms with E-state index in [1.165, 1.54) is 18.3 Å². The minimum atomic E-state index is -1.15. The third-order valence-corrected chi connectivity index (χ3v) is 2.64. The highest BCUT2D eigenvalue weighted by molar-refractivity contribution is 5.81. The summed E-state index contributed by atoms with van der Waals surface area (Å²) in [4.78, 5) is 37.9. The number of alkyl carbamates (subject to hydrolysis) is 1. The van der Waals surface area contributed by atoms with Crippen molar-refractivity contribution in [2.45, 2.75) is 38.8 Å². The molecule has 0 aliphatic heterocycles. The number of rotatable bonds is 5. The molecule has 9 nitrogen and oxygen atoms in total. The number of hydrogen-bond acceptors (Lipinski definition) is 7. The van der Waals surface area contributed by atoms with E-state index in [0.717, 1.165) is 7.11 Å². The van der Waals surface area contributed by atoms with Crippen molar-refractivity contribution in [1.82, 2.24) is 10.3 Å². The number of ether oxygens (including phenoxy) is 2. The highest BCUT2D eigenvalue weighted by Gasteiger charge is 2.28. The number of methoxy groups -OCH3 is 1. The van der Waals surface area contributed by atoms with Gasteiger partial charge in [0, 0.05) is 18.7 Å². The van der Waals surface area contributed by atoms with E-state index in [2.05, 4.69) is 15.0 Å². The van der Waals surface area contributed by atoms with Crippen LogP contribution in [0.5, 0.6) is 0 Å². The van der Waals surface area contributed by atoms with Gasteiger partial charge < -0.3 is 14.8 Å². The van der Waals surface area contributed by atoms with Gasteiger partial charge in [0.05, 0.1) is 12.0 Å². The van der Waals surface area contributed by atoms with Gasteiger partial charge in [-0.15, -0.1) is 0 Å². The molecule has 0 fully saturated rings. The molecule has 0 spiro atoms. The van der Waals surface area contributed by atoms with Gasteiger partial charge in [-0.25, -0.2) is 9.59 Å². The van der Waals surface area contributed by atoms with Gasteiger partial charge >= 0.3 is 12.1 Å². The van der Waals surface area contributed by atoms with E-state index < -0.39 is 28.6 Å². The van der Waals surface area contributed by atoms with Crippen molar-refractivity contribution in [3.63, 3.8) is 0 Å². The Kier molecular flexibility index (Phi) is 6.00. The van der Waals surface area contributed by atoms with Crippen LogP contribution in [-0.2, 0) is 20.7 Å². The van der Waals surface area contributed by atoms with Crippen molar-refractivity contribution >= 4 is 17.7 Å². The van der Waals surface area contributed by atoms with E-state index in [-0.39, 0.29) is 17.8 Å². The number of esters is 1. The normalized spacial score (nSPS) is 12.2. The standard InChI is InChI=1S/C14H19N3O6/c1-14(2,3)23-13(19)16-10(12(18)22-4)8-9-11(17(20)21)6-5-7-15-9/h5-7,10H,8H2,1-4H3,(H,16,19)/t10-/m1/s1. The molecular weight excluding hydrogens is 306 g/mol. The molecule has 0 bridgehead atoms. The summed E-state index contributed by atoms with van der Waals surface area (Å²) in [6, 6.07) is 1.53. The molecule has 1 aromatic heterocycles. The summed E-state index contributed by atoms with van der Waals surface area (Å²) in [6.07, 6.45) is 0.346. The number of nitrogens with zero attached hydrogens (tertiary/aromatic N) is 2. The third kappa shape index (κ3) is 5.89. The molecule has 1 aromatic rings. The maximum atomic E-state index is 11.8. The van der Waals surface area contributed by atoms with Gasteiger partial charge in [0.1, 0.15) is 17.3 Å². The smallest absolute Gasteiger partial charge is 0.408 e. The summed E-state index contributed by atoms with van der Waals surface area (Å²) < 4.78 is 9.68. The van der Waals surface area contributed by atoms with E-state index in [1.54, 1.807) is 20.8 Å². The van der Waals surface area contributed by atoms with Crippen LogP contribution in [0.2, 0.25) is 0 Å². The highest BCUT2D eigenvalue weighted by Crippen LogP contribution is 2.17. The van der Waals surface area contributed by atoms with Crippen LogP contribution in [0.4, 0.5) is 10.5 Å². The van der Waals surface area contributed by atoms with E-state index in [0.29, 0.717) is 0 Å². The lowest BCUT2D eigenvalue weighted by molar-refractivity contribution is -0.385. The summed E-state index contributed by atoms with van der Waals surface area (Å²) in [5.41, 5.74) is -0.932. The number of aromatic nitrogens is 1. The molecule has 1 rings (SSSR count). The Morgan fingerprint density at radius 1 is 1.43 bits per heavy atom. The Morgan fingerprint density at radius 2 is 2.09 bits per heavy atom. The van der Waals surface area contributed by atoms with Crippen LogP contribution < -0.4 is 5.32 Å². The molecule has 23 heavy (non-hydrogen) atoms. The number of carbonyl (C=O) groups excluding carboxylic acids is 2. The fourth-order valence-corrected chi connectivity index (χ4v) is 1.73. The van der Waals surface area contributed by atoms with Gasteiger partial charge in [-0.3, -0.25) is 15.1 Å². The summed E-state index contributed by atoms with van der Waals surface area (Å²) in [6.45, 7) is 5.01. The van der Waals surface area contributed by atoms with Crippen molar-refractivity contribution in [1.29, 1.82) is 0 Å². The molecule has 0 aliphatic carbocycles. The molecule has 126 valence electrons. The predicted octanol–water partition coefficient (Wildman–Crippen LogP) is 1.60. The third-order valence-electron chi connectivity index (χ3n) is 2.64. The lowest BCUT2D eigenvalue weighted by Crippen LogP contribution is -2.45. The topological polar surface area (TPSA) is 121 Å². The van der Waals surface area contributed by atoms with E-state index in [9.17, 15) is 19.7 Å².